The minimum atomic E-state index is -3.82. The van der Waals surface area contributed by atoms with Gasteiger partial charge in [-0.2, -0.15) is 12.7 Å². The minimum Gasteiger partial charge on any atom is -0.369 e. The van der Waals surface area contributed by atoms with Crippen LogP contribution in [0.3, 0.4) is 0 Å². The number of hydrogen-bond acceptors (Lipinski definition) is 4. The normalized spacial score (nSPS) is 36.0. The molecule has 1 aliphatic heterocycles. The van der Waals surface area contributed by atoms with E-state index in [-0.39, 0.29) is 49.3 Å². The smallest absolute Gasteiger partial charge is 0.304 e. The van der Waals surface area contributed by atoms with Crippen molar-refractivity contribution < 1.29 is 18.0 Å². The summed E-state index contributed by atoms with van der Waals surface area (Å²) < 4.78 is 28.4. The lowest BCUT2D eigenvalue weighted by Crippen LogP contribution is -2.62. The molecule has 31 heavy (non-hydrogen) atoms. The number of hydrogen-bond donors (Lipinski definition) is 2. The van der Waals surface area contributed by atoms with E-state index in [1.165, 1.54) is 8.61 Å². The summed E-state index contributed by atoms with van der Waals surface area (Å²) in [6.07, 6.45) is 4.32. The molecule has 3 N–H and O–H groups in total. The molecule has 1 aromatic rings. The molecule has 1 aromatic carbocycles. The number of anilines is 1. The fourth-order valence-corrected chi connectivity index (χ4v) is 8.46. The molecular formula is C21H27ClN4O4S. The summed E-state index contributed by atoms with van der Waals surface area (Å²) in [6.45, 7) is 0.256. The Morgan fingerprint density at radius 2 is 1.81 bits per heavy atom. The van der Waals surface area contributed by atoms with Crippen molar-refractivity contribution in [3.63, 3.8) is 0 Å². The predicted octanol–water partition coefficient (Wildman–Crippen LogP) is 1.50. The van der Waals surface area contributed by atoms with E-state index in [4.69, 9.17) is 17.3 Å². The first-order chi connectivity index (χ1) is 14.7. The Bertz CT molecular complexity index is 1020. The van der Waals surface area contributed by atoms with Crippen LogP contribution in [0, 0.1) is 23.2 Å². The first-order valence-electron chi connectivity index (χ1n) is 10.8. The number of nitrogens with zero attached hydrogens (tertiary/aromatic N) is 2. The number of nitrogens with one attached hydrogen (secondary N) is 1. The molecule has 5 fully saturated rings. The van der Waals surface area contributed by atoms with Crippen molar-refractivity contribution >= 4 is 39.3 Å². The molecule has 2 atom stereocenters. The summed E-state index contributed by atoms with van der Waals surface area (Å²) in [6, 6.07) is 6.77. The highest BCUT2D eigenvalue weighted by Crippen LogP contribution is 2.59. The van der Waals surface area contributed by atoms with Crippen molar-refractivity contribution in [3.05, 3.63) is 29.3 Å². The van der Waals surface area contributed by atoms with Crippen LogP contribution in [0.4, 0.5) is 5.69 Å². The highest BCUT2D eigenvalue weighted by molar-refractivity contribution is 7.90. The lowest BCUT2D eigenvalue weighted by Gasteiger charge is -2.58. The number of primary amides is 1. The largest absolute Gasteiger partial charge is 0.369 e. The van der Waals surface area contributed by atoms with E-state index < -0.39 is 15.6 Å². The Hall–Kier alpha value is -1.84. The topological polar surface area (TPSA) is 113 Å². The number of nitrogens with two attached hydrogens (primary N) is 1. The molecule has 0 radical (unpaired) electrons. The zero-order valence-corrected chi connectivity index (χ0v) is 18.7. The van der Waals surface area contributed by atoms with Gasteiger partial charge in [-0.3, -0.25) is 13.9 Å². The molecule has 8 nitrogen and oxygen atoms in total. The fourth-order valence-electron chi connectivity index (χ4n) is 6.59. The molecule has 1 saturated heterocycles. The van der Waals surface area contributed by atoms with E-state index in [1.807, 2.05) is 0 Å². The van der Waals surface area contributed by atoms with Gasteiger partial charge in [-0.05, 0) is 62.0 Å². The van der Waals surface area contributed by atoms with E-state index >= 15 is 0 Å². The van der Waals surface area contributed by atoms with Gasteiger partial charge in [0.2, 0.25) is 11.8 Å². The molecule has 4 saturated carbocycles. The average molecular weight is 467 g/mol. The first-order valence-corrected chi connectivity index (χ1v) is 12.6. The molecule has 0 aromatic heterocycles. The van der Waals surface area contributed by atoms with E-state index in [1.54, 1.807) is 24.3 Å². The Balaban J connectivity index is 1.26. The molecule has 168 valence electrons. The van der Waals surface area contributed by atoms with E-state index in [0.717, 1.165) is 32.1 Å². The molecule has 6 rings (SSSR count). The van der Waals surface area contributed by atoms with Crippen LogP contribution in [-0.4, -0.2) is 50.2 Å². The Kier molecular flexibility index (Phi) is 4.99. The summed E-state index contributed by atoms with van der Waals surface area (Å²) in [5.41, 5.74) is 5.74. The maximum atomic E-state index is 13.0. The second kappa shape index (κ2) is 7.35. The van der Waals surface area contributed by atoms with Gasteiger partial charge in [0.25, 0.3) is 0 Å². The van der Waals surface area contributed by atoms with Gasteiger partial charge in [-0.25, -0.2) is 0 Å². The van der Waals surface area contributed by atoms with Crippen molar-refractivity contribution in [2.24, 2.45) is 28.9 Å². The van der Waals surface area contributed by atoms with Crippen molar-refractivity contribution in [1.82, 2.24) is 9.62 Å². The summed E-state index contributed by atoms with van der Waals surface area (Å²) in [7, 11) is -3.82. The summed E-state index contributed by atoms with van der Waals surface area (Å²) in [4.78, 5) is 25.0. The molecule has 10 heteroatoms. The molecule has 2 unspecified atom stereocenters. The van der Waals surface area contributed by atoms with Crippen LogP contribution in [-0.2, 0) is 19.8 Å². The van der Waals surface area contributed by atoms with E-state index in [9.17, 15) is 18.0 Å². The van der Waals surface area contributed by atoms with Gasteiger partial charge >= 0.3 is 10.2 Å². The van der Waals surface area contributed by atoms with Gasteiger partial charge in [0.1, 0.15) is 0 Å². The van der Waals surface area contributed by atoms with E-state index in [2.05, 4.69) is 5.32 Å². The van der Waals surface area contributed by atoms with Gasteiger partial charge in [0.05, 0.1) is 17.3 Å². The highest BCUT2D eigenvalue weighted by atomic mass is 35.5. The zero-order chi connectivity index (χ0) is 22.0. The number of carbonyl (C=O) groups excluding carboxylic acids is 2. The summed E-state index contributed by atoms with van der Waals surface area (Å²) in [5.74, 6) is 0.464. The summed E-state index contributed by atoms with van der Waals surface area (Å²) in [5, 5.41) is 3.46. The van der Waals surface area contributed by atoms with Crippen LogP contribution in [0.25, 0.3) is 0 Å². The van der Waals surface area contributed by atoms with Gasteiger partial charge in [-0.1, -0.05) is 23.7 Å². The fraction of sp³-hybridized carbons (Fsp3) is 0.619. The van der Waals surface area contributed by atoms with Crippen LogP contribution in [0.2, 0.25) is 5.02 Å². The van der Waals surface area contributed by atoms with Crippen LogP contribution in [0.15, 0.2) is 24.3 Å². The van der Waals surface area contributed by atoms with Crippen molar-refractivity contribution in [3.8, 4) is 0 Å². The molecule has 0 spiro atoms. The average Bonchev–Trinajstić information content (AvgIpc) is 2.98. The molecular weight excluding hydrogens is 440 g/mol. The zero-order valence-electron chi connectivity index (χ0n) is 17.2. The summed E-state index contributed by atoms with van der Waals surface area (Å²) >= 11 is 6.18. The Morgan fingerprint density at radius 1 is 1.13 bits per heavy atom. The maximum absolute atomic E-state index is 13.0. The van der Waals surface area contributed by atoms with Crippen LogP contribution >= 0.6 is 11.6 Å². The SMILES string of the molecule is NC(=O)C12CC3CC(C1)C(NC(=O)CN1CCN(c4ccccc4Cl)S1(=O)=O)C(C3)C2. The number of benzene rings is 1. The highest BCUT2D eigenvalue weighted by Gasteiger charge is 2.58. The minimum absolute atomic E-state index is 0.0125. The Labute approximate surface area is 187 Å². The third-order valence-corrected chi connectivity index (χ3v) is 9.94. The molecule has 4 bridgehead atoms. The second-order valence-corrected chi connectivity index (χ2v) is 11.8. The monoisotopic (exact) mass is 466 g/mol. The third-order valence-electron chi connectivity index (χ3n) is 7.72. The second-order valence-electron chi connectivity index (χ2n) is 9.57. The Morgan fingerprint density at radius 3 is 2.45 bits per heavy atom. The van der Waals surface area contributed by atoms with Crippen molar-refractivity contribution in [1.29, 1.82) is 0 Å². The lowest BCUT2D eigenvalue weighted by atomic mass is 9.47. The third kappa shape index (κ3) is 3.41. The molecule has 2 amide bonds. The molecule has 1 heterocycles. The van der Waals surface area contributed by atoms with E-state index in [0.29, 0.717) is 16.6 Å². The van der Waals surface area contributed by atoms with Crippen LogP contribution in [0.5, 0.6) is 0 Å². The lowest BCUT2D eigenvalue weighted by molar-refractivity contribution is -0.147. The number of amides is 2. The van der Waals surface area contributed by atoms with Crippen molar-refractivity contribution in [2.75, 3.05) is 23.9 Å². The van der Waals surface area contributed by atoms with Gasteiger partial charge in [0, 0.05) is 24.5 Å². The van der Waals surface area contributed by atoms with Crippen molar-refractivity contribution in [2.45, 2.75) is 38.1 Å². The standard InChI is InChI=1S/C21H27ClN4O4S/c22-16-3-1-2-4-17(16)26-6-5-25(31(26,29)30)12-18(27)24-19-14-7-13-8-15(19)11-21(9-13,10-14)20(23)28/h1-4,13-15,19H,5-12H2,(H2,23,28)(H,24,27). The maximum Gasteiger partial charge on any atom is 0.304 e. The number of para-hydroxylation sites is 1. The first kappa shape index (κ1) is 21.0. The van der Waals surface area contributed by atoms with Crippen LogP contribution < -0.4 is 15.4 Å². The molecule has 5 aliphatic rings. The van der Waals surface area contributed by atoms with Crippen LogP contribution in [0.1, 0.15) is 32.1 Å². The number of carbonyl (C=O) groups is 2. The van der Waals surface area contributed by atoms with Gasteiger partial charge in [0.15, 0.2) is 0 Å². The predicted molar refractivity (Wildman–Crippen MR) is 116 cm³/mol. The van der Waals surface area contributed by atoms with Gasteiger partial charge < -0.3 is 11.1 Å². The number of rotatable bonds is 5. The number of halogens is 1. The quantitative estimate of drug-likeness (QED) is 0.684. The molecule has 4 aliphatic carbocycles. The van der Waals surface area contributed by atoms with Gasteiger partial charge in [-0.15, -0.1) is 0 Å².